The van der Waals surface area contributed by atoms with E-state index in [0.717, 1.165) is 31.8 Å². The summed E-state index contributed by atoms with van der Waals surface area (Å²) in [4.78, 5) is 4.52. The summed E-state index contributed by atoms with van der Waals surface area (Å²) in [6.07, 6.45) is 1.90. The van der Waals surface area contributed by atoms with Crippen LogP contribution in [0.1, 0.15) is 18.9 Å². The van der Waals surface area contributed by atoms with E-state index in [1.165, 1.54) is 5.56 Å². The third-order valence-corrected chi connectivity index (χ3v) is 2.94. The number of hydrogen-bond donors (Lipinski definition) is 1. The molecule has 1 N–H and O–H groups in total. The molecule has 1 unspecified atom stereocenters. The number of benzene rings is 1. The van der Waals surface area contributed by atoms with Crippen molar-refractivity contribution in [2.24, 2.45) is 10.9 Å². The smallest absolute Gasteiger partial charge is 0.101 e. The molecular weight excluding hydrogens is 208 g/mol. The van der Waals surface area contributed by atoms with E-state index in [1.54, 1.807) is 0 Å². The fraction of sp³-hybridized carbons (Fsp3) is 0.400. The standard InChI is InChI=1S/C15H18N2/c1-2-3-9-14(15-16-10-11-17-15)12-13-7-5-4-6-8-13/h4-8,14H,9-12H2,1H3,(H,16,17). The summed E-state index contributed by atoms with van der Waals surface area (Å²) >= 11 is 0. The molecule has 1 atom stereocenters. The van der Waals surface area contributed by atoms with Crippen LogP contribution in [0, 0.1) is 17.8 Å². The lowest BCUT2D eigenvalue weighted by Crippen LogP contribution is -2.28. The minimum absolute atomic E-state index is 0.410. The molecule has 0 saturated heterocycles. The zero-order chi connectivity index (χ0) is 11.9. The fourth-order valence-corrected chi connectivity index (χ4v) is 2.08. The Kier molecular flexibility index (Phi) is 4.21. The van der Waals surface area contributed by atoms with Crippen LogP contribution in [0.2, 0.25) is 0 Å². The summed E-state index contributed by atoms with van der Waals surface area (Å²) in [6.45, 7) is 3.77. The van der Waals surface area contributed by atoms with Gasteiger partial charge in [0.05, 0.1) is 6.54 Å². The Hall–Kier alpha value is -1.75. The van der Waals surface area contributed by atoms with Gasteiger partial charge in [0.1, 0.15) is 5.84 Å². The van der Waals surface area contributed by atoms with E-state index in [2.05, 4.69) is 52.5 Å². The van der Waals surface area contributed by atoms with Crippen molar-refractivity contribution in [3.63, 3.8) is 0 Å². The molecule has 0 bridgehead atoms. The molecular formula is C15H18N2. The van der Waals surface area contributed by atoms with Gasteiger partial charge in [0.15, 0.2) is 0 Å². The predicted octanol–water partition coefficient (Wildman–Crippen LogP) is 2.26. The molecule has 0 saturated carbocycles. The van der Waals surface area contributed by atoms with E-state index in [0.29, 0.717) is 5.92 Å². The summed E-state index contributed by atoms with van der Waals surface area (Å²) < 4.78 is 0. The first-order chi connectivity index (χ1) is 8.40. The van der Waals surface area contributed by atoms with Crippen LogP contribution in [0.4, 0.5) is 0 Å². The molecule has 1 aromatic carbocycles. The average molecular weight is 226 g/mol. The lowest BCUT2D eigenvalue weighted by atomic mass is 9.95. The van der Waals surface area contributed by atoms with Crippen LogP contribution in [0.5, 0.6) is 0 Å². The minimum Gasteiger partial charge on any atom is -0.372 e. The molecule has 1 aromatic rings. The van der Waals surface area contributed by atoms with Crippen LogP contribution >= 0.6 is 0 Å². The van der Waals surface area contributed by atoms with Crippen molar-refractivity contribution >= 4 is 5.84 Å². The van der Waals surface area contributed by atoms with Gasteiger partial charge in [-0.25, -0.2) is 0 Å². The average Bonchev–Trinajstić information content (AvgIpc) is 2.89. The normalized spacial score (nSPS) is 15.5. The van der Waals surface area contributed by atoms with Gasteiger partial charge in [0.2, 0.25) is 0 Å². The molecule has 17 heavy (non-hydrogen) atoms. The van der Waals surface area contributed by atoms with Crippen LogP contribution in [0.15, 0.2) is 35.3 Å². The highest BCUT2D eigenvalue weighted by atomic mass is 15.1. The second-order valence-electron chi connectivity index (χ2n) is 4.21. The molecule has 88 valence electrons. The summed E-state index contributed by atoms with van der Waals surface area (Å²) in [7, 11) is 0. The number of rotatable bonds is 4. The first-order valence-corrected chi connectivity index (χ1v) is 6.12. The van der Waals surface area contributed by atoms with E-state index in [4.69, 9.17) is 0 Å². The third-order valence-electron chi connectivity index (χ3n) is 2.94. The summed E-state index contributed by atoms with van der Waals surface area (Å²) in [5.74, 6) is 7.69. The molecule has 2 rings (SSSR count). The third kappa shape index (κ3) is 3.35. The first-order valence-electron chi connectivity index (χ1n) is 6.12. The number of amidine groups is 1. The van der Waals surface area contributed by atoms with Gasteiger partial charge < -0.3 is 5.32 Å². The van der Waals surface area contributed by atoms with Crippen LogP contribution in [0.3, 0.4) is 0 Å². The van der Waals surface area contributed by atoms with Crippen molar-refractivity contribution in [2.45, 2.75) is 19.8 Å². The van der Waals surface area contributed by atoms with Crippen LogP contribution in [-0.2, 0) is 6.42 Å². The molecule has 1 aliphatic rings. The molecule has 0 spiro atoms. The highest BCUT2D eigenvalue weighted by molar-refractivity contribution is 5.86. The maximum absolute atomic E-state index is 4.52. The van der Waals surface area contributed by atoms with Gasteiger partial charge in [-0.3, -0.25) is 4.99 Å². The Morgan fingerprint density at radius 3 is 2.82 bits per heavy atom. The number of nitrogens with one attached hydrogen (secondary N) is 1. The summed E-state index contributed by atoms with van der Waals surface area (Å²) in [6, 6.07) is 10.6. The Balaban J connectivity index is 2.07. The first kappa shape index (κ1) is 11.7. The fourth-order valence-electron chi connectivity index (χ4n) is 2.08. The highest BCUT2D eigenvalue weighted by Crippen LogP contribution is 2.14. The molecule has 1 heterocycles. The van der Waals surface area contributed by atoms with Crippen molar-refractivity contribution < 1.29 is 0 Å². The Bertz CT molecular complexity index is 437. The van der Waals surface area contributed by atoms with Crippen LogP contribution in [-0.4, -0.2) is 18.9 Å². The van der Waals surface area contributed by atoms with E-state index in [9.17, 15) is 0 Å². The van der Waals surface area contributed by atoms with Gasteiger partial charge in [-0.2, -0.15) is 0 Å². The van der Waals surface area contributed by atoms with Crippen LogP contribution < -0.4 is 5.32 Å². The lowest BCUT2D eigenvalue weighted by Gasteiger charge is -2.15. The van der Waals surface area contributed by atoms with Gasteiger partial charge in [0.25, 0.3) is 0 Å². The van der Waals surface area contributed by atoms with Crippen LogP contribution in [0.25, 0.3) is 0 Å². The number of hydrogen-bond acceptors (Lipinski definition) is 2. The predicted molar refractivity (Wildman–Crippen MR) is 72.0 cm³/mol. The van der Waals surface area contributed by atoms with Gasteiger partial charge in [-0.1, -0.05) is 30.3 Å². The molecule has 1 aliphatic heterocycles. The van der Waals surface area contributed by atoms with Crippen molar-refractivity contribution in [3.8, 4) is 11.8 Å². The van der Waals surface area contributed by atoms with Gasteiger partial charge >= 0.3 is 0 Å². The molecule has 2 nitrogen and oxygen atoms in total. The second kappa shape index (κ2) is 6.10. The van der Waals surface area contributed by atoms with Crippen molar-refractivity contribution in [1.29, 1.82) is 0 Å². The van der Waals surface area contributed by atoms with E-state index in [1.807, 2.05) is 6.92 Å². The number of nitrogens with zero attached hydrogens (tertiary/aromatic N) is 1. The van der Waals surface area contributed by atoms with Crippen molar-refractivity contribution in [2.75, 3.05) is 13.1 Å². The van der Waals surface area contributed by atoms with Gasteiger partial charge in [-0.15, -0.1) is 11.8 Å². The topological polar surface area (TPSA) is 24.4 Å². The molecule has 2 heteroatoms. The Morgan fingerprint density at radius 2 is 2.18 bits per heavy atom. The lowest BCUT2D eigenvalue weighted by molar-refractivity contribution is 0.691. The highest BCUT2D eigenvalue weighted by Gasteiger charge is 2.18. The van der Waals surface area contributed by atoms with Gasteiger partial charge in [0, 0.05) is 18.9 Å². The zero-order valence-electron chi connectivity index (χ0n) is 10.2. The maximum atomic E-state index is 4.52. The van der Waals surface area contributed by atoms with E-state index >= 15 is 0 Å². The molecule has 0 radical (unpaired) electrons. The van der Waals surface area contributed by atoms with E-state index in [-0.39, 0.29) is 0 Å². The monoisotopic (exact) mass is 226 g/mol. The SMILES string of the molecule is CC#CCC(Cc1ccccc1)C1=NCCN1. The minimum atomic E-state index is 0.410. The van der Waals surface area contributed by atoms with Crippen molar-refractivity contribution in [1.82, 2.24) is 5.32 Å². The molecule has 0 amide bonds. The molecule has 0 aromatic heterocycles. The Morgan fingerprint density at radius 1 is 1.35 bits per heavy atom. The second-order valence-corrected chi connectivity index (χ2v) is 4.21. The Labute approximate surface area is 103 Å². The van der Waals surface area contributed by atoms with E-state index < -0.39 is 0 Å². The largest absolute Gasteiger partial charge is 0.372 e. The van der Waals surface area contributed by atoms with Gasteiger partial charge in [-0.05, 0) is 18.9 Å². The summed E-state index contributed by atoms with van der Waals surface area (Å²) in [5, 5.41) is 3.37. The molecule has 0 fully saturated rings. The number of aliphatic imine (C=N–C) groups is 1. The summed E-state index contributed by atoms with van der Waals surface area (Å²) in [5.41, 5.74) is 1.35. The zero-order valence-corrected chi connectivity index (χ0v) is 10.2. The van der Waals surface area contributed by atoms with Crippen molar-refractivity contribution in [3.05, 3.63) is 35.9 Å². The molecule has 0 aliphatic carbocycles. The maximum Gasteiger partial charge on any atom is 0.101 e. The quantitative estimate of drug-likeness (QED) is 0.782.